The Balaban J connectivity index is 2.22. The van der Waals surface area contributed by atoms with Gasteiger partial charge in [-0.3, -0.25) is 0 Å². The van der Waals surface area contributed by atoms with E-state index in [9.17, 15) is 0 Å². The maximum atomic E-state index is 6.26. The lowest BCUT2D eigenvalue weighted by molar-refractivity contribution is 0.532. The van der Waals surface area contributed by atoms with Gasteiger partial charge in [0.15, 0.2) is 0 Å². The predicted molar refractivity (Wildman–Crippen MR) is 123 cm³/mol. The molecular formula is C25H30N2S. The van der Waals surface area contributed by atoms with Crippen LogP contribution in [0.2, 0.25) is 0 Å². The van der Waals surface area contributed by atoms with Gasteiger partial charge in [0.2, 0.25) is 0 Å². The fourth-order valence-corrected chi connectivity index (χ4v) is 5.75. The van der Waals surface area contributed by atoms with Crippen molar-refractivity contribution in [1.29, 1.82) is 0 Å². The number of hydrogen-bond acceptors (Lipinski definition) is 3. The van der Waals surface area contributed by atoms with E-state index in [2.05, 4.69) is 105 Å². The van der Waals surface area contributed by atoms with Crippen molar-refractivity contribution in [3.8, 4) is 0 Å². The van der Waals surface area contributed by atoms with E-state index in [4.69, 9.17) is 11.5 Å². The standard InChI is InChI=1S/C25H30N2S/c1-24(2,18-23(27)19-26)28-25(20-12-6-3-7-13-20,21-14-8-4-9-15-21)22-16-10-5-11-17-22/h3-17,23H,18-19,26-27H2,1-2H3. The molecule has 0 fully saturated rings. The normalized spacial score (nSPS) is 13.3. The molecule has 3 aromatic carbocycles. The zero-order valence-corrected chi connectivity index (χ0v) is 17.5. The number of benzene rings is 3. The molecule has 0 spiro atoms. The van der Waals surface area contributed by atoms with Gasteiger partial charge in [-0.25, -0.2) is 0 Å². The van der Waals surface area contributed by atoms with E-state index in [1.54, 1.807) is 0 Å². The lowest BCUT2D eigenvalue weighted by Crippen LogP contribution is -2.39. The van der Waals surface area contributed by atoms with Crippen LogP contribution in [-0.4, -0.2) is 17.3 Å². The molecule has 28 heavy (non-hydrogen) atoms. The Hall–Kier alpha value is -2.07. The highest BCUT2D eigenvalue weighted by Crippen LogP contribution is 2.54. The number of rotatable bonds is 8. The first-order valence-electron chi connectivity index (χ1n) is 9.80. The van der Waals surface area contributed by atoms with E-state index in [0.29, 0.717) is 6.54 Å². The molecule has 0 radical (unpaired) electrons. The first-order chi connectivity index (χ1) is 13.5. The van der Waals surface area contributed by atoms with Crippen molar-refractivity contribution in [2.24, 2.45) is 11.5 Å². The van der Waals surface area contributed by atoms with Gasteiger partial charge in [-0.2, -0.15) is 0 Å². The molecule has 0 saturated heterocycles. The van der Waals surface area contributed by atoms with Gasteiger partial charge in [0.1, 0.15) is 0 Å². The van der Waals surface area contributed by atoms with Crippen molar-refractivity contribution in [2.75, 3.05) is 6.54 Å². The molecule has 0 aliphatic heterocycles. The quantitative estimate of drug-likeness (QED) is 0.522. The molecule has 1 atom stereocenters. The molecule has 0 heterocycles. The predicted octanol–water partition coefficient (Wildman–Crippen LogP) is 5.17. The van der Waals surface area contributed by atoms with Crippen LogP contribution in [0.1, 0.15) is 37.0 Å². The van der Waals surface area contributed by atoms with Gasteiger partial charge in [0, 0.05) is 17.3 Å². The molecule has 3 heteroatoms. The lowest BCUT2D eigenvalue weighted by atomic mass is 9.84. The highest BCUT2D eigenvalue weighted by atomic mass is 32.2. The van der Waals surface area contributed by atoms with E-state index in [1.165, 1.54) is 16.7 Å². The van der Waals surface area contributed by atoms with Gasteiger partial charge in [0.25, 0.3) is 0 Å². The van der Waals surface area contributed by atoms with Gasteiger partial charge in [-0.15, -0.1) is 11.8 Å². The smallest absolute Gasteiger partial charge is 0.0912 e. The second kappa shape index (κ2) is 8.95. The molecule has 0 aliphatic carbocycles. The fraction of sp³-hybridized carbons (Fsp3) is 0.280. The van der Waals surface area contributed by atoms with Crippen molar-refractivity contribution in [2.45, 2.75) is 35.8 Å². The van der Waals surface area contributed by atoms with Gasteiger partial charge < -0.3 is 11.5 Å². The summed E-state index contributed by atoms with van der Waals surface area (Å²) >= 11 is 1.96. The molecule has 0 amide bonds. The topological polar surface area (TPSA) is 52.0 Å². The van der Waals surface area contributed by atoms with Crippen LogP contribution in [0.25, 0.3) is 0 Å². The second-order valence-electron chi connectivity index (χ2n) is 7.84. The zero-order chi connectivity index (χ0) is 20.0. The SMILES string of the molecule is CC(C)(CC(N)CN)SC(c1ccccc1)(c1ccccc1)c1ccccc1. The Bertz CT molecular complexity index is 751. The van der Waals surface area contributed by atoms with E-state index in [-0.39, 0.29) is 15.5 Å². The molecule has 2 nitrogen and oxygen atoms in total. The van der Waals surface area contributed by atoms with E-state index in [0.717, 1.165) is 6.42 Å². The molecular weight excluding hydrogens is 360 g/mol. The maximum Gasteiger partial charge on any atom is 0.0912 e. The summed E-state index contributed by atoms with van der Waals surface area (Å²) in [6.07, 6.45) is 0.850. The average molecular weight is 391 g/mol. The van der Waals surface area contributed by atoms with Crippen LogP contribution >= 0.6 is 11.8 Å². The van der Waals surface area contributed by atoms with Crippen LogP contribution in [0, 0.1) is 0 Å². The summed E-state index contributed by atoms with van der Waals surface area (Å²) in [5.41, 5.74) is 15.9. The van der Waals surface area contributed by atoms with Crippen molar-refractivity contribution in [1.82, 2.24) is 0 Å². The third-order valence-electron chi connectivity index (χ3n) is 5.03. The number of nitrogens with two attached hydrogens (primary N) is 2. The first-order valence-corrected chi connectivity index (χ1v) is 10.6. The van der Waals surface area contributed by atoms with Crippen LogP contribution < -0.4 is 11.5 Å². The Labute approximate surface area is 173 Å². The second-order valence-corrected chi connectivity index (χ2v) is 9.76. The van der Waals surface area contributed by atoms with Gasteiger partial charge in [-0.1, -0.05) is 105 Å². The summed E-state index contributed by atoms with van der Waals surface area (Å²) in [7, 11) is 0. The largest absolute Gasteiger partial charge is 0.329 e. The van der Waals surface area contributed by atoms with Crippen molar-refractivity contribution in [3.05, 3.63) is 108 Å². The molecule has 3 rings (SSSR count). The summed E-state index contributed by atoms with van der Waals surface area (Å²) in [6, 6.07) is 32.3. The minimum absolute atomic E-state index is 0.0116. The number of hydrogen-bond donors (Lipinski definition) is 2. The highest BCUT2D eigenvalue weighted by Gasteiger charge is 2.42. The lowest BCUT2D eigenvalue weighted by Gasteiger charge is -2.42. The average Bonchev–Trinajstić information content (AvgIpc) is 2.73. The minimum atomic E-state index is -0.332. The van der Waals surface area contributed by atoms with Gasteiger partial charge in [0.05, 0.1) is 4.75 Å². The Morgan fingerprint density at radius 2 is 1.07 bits per heavy atom. The number of thioether (sulfide) groups is 1. The molecule has 0 aromatic heterocycles. The van der Waals surface area contributed by atoms with Crippen LogP contribution in [-0.2, 0) is 4.75 Å². The summed E-state index contributed by atoms with van der Waals surface area (Å²) < 4.78 is -0.401. The first kappa shape index (κ1) is 20.7. The molecule has 1 unspecified atom stereocenters. The Morgan fingerprint density at radius 1 is 0.714 bits per heavy atom. The minimum Gasteiger partial charge on any atom is -0.329 e. The third kappa shape index (κ3) is 4.49. The molecule has 3 aromatic rings. The maximum absolute atomic E-state index is 6.26. The van der Waals surface area contributed by atoms with Crippen LogP contribution in [0.15, 0.2) is 91.0 Å². The summed E-state index contributed by atoms with van der Waals surface area (Å²) in [5, 5.41) is 0. The van der Waals surface area contributed by atoms with Crippen LogP contribution in [0.4, 0.5) is 0 Å². The Kier molecular flexibility index (Phi) is 6.61. The van der Waals surface area contributed by atoms with E-state index >= 15 is 0 Å². The van der Waals surface area contributed by atoms with Crippen molar-refractivity contribution >= 4 is 11.8 Å². The summed E-state index contributed by atoms with van der Waals surface area (Å²) in [6.45, 7) is 5.05. The fourth-order valence-electron chi connectivity index (χ4n) is 3.87. The summed E-state index contributed by atoms with van der Waals surface area (Å²) in [5.74, 6) is 0. The van der Waals surface area contributed by atoms with Crippen LogP contribution in [0.3, 0.4) is 0 Å². The molecule has 0 saturated carbocycles. The monoisotopic (exact) mass is 390 g/mol. The molecule has 0 aliphatic rings. The van der Waals surface area contributed by atoms with E-state index < -0.39 is 0 Å². The Morgan fingerprint density at radius 3 is 1.39 bits per heavy atom. The zero-order valence-electron chi connectivity index (χ0n) is 16.7. The van der Waals surface area contributed by atoms with Gasteiger partial charge in [-0.05, 0) is 23.1 Å². The van der Waals surface area contributed by atoms with Crippen LogP contribution in [0.5, 0.6) is 0 Å². The summed E-state index contributed by atoms with van der Waals surface area (Å²) in [4.78, 5) is 0. The molecule has 146 valence electrons. The van der Waals surface area contributed by atoms with Gasteiger partial charge >= 0.3 is 0 Å². The molecule has 0 bridgehead atoms. The van der Waals surface area contributed by atoms with Crippen molar-refractivity contribution in [3.63, 3.8) is 0 Å². The highest BCUT2D eigenvalue weighted by molar-refractivity contribution is 8.01. The molecule has 4 N–H and O–H groups in total. The van der Waals surface area contributed by atoms with Crippen molar-refractivity contribution < 1.29 is 0 Å². The third-order valence-corrected chi connectivity index (χ3v) is 6.76. The van der Waals surface area contributed by atoms with E-state index in [1.807, 2.05) is 11.8 Å².